The first-order valence-electron chi connectivity index (χ1n) is 7.13. The summed E-state index contributed by atoms with van der Waals surface area (Å²) in [6.45, 7) is 2.88. The Morgan fingerprint density at radius 2 is 1.90 bits per heavy atom. The van der Waals surface area contributed by atoms with E-state index in [9.17, 15) is 4.79 Å². The number of nitrogens with one attached hydrogen (secondary N) is 1. The van der Waals surface area contributed by atoms with Gasteiger partial charge in [0.25, 0.3) is 0 Å². The summed E-state index contributed by atoms with van der Waals surface area (Å²) >= 11 is 0. The van der Waals surface area contributed by atoms with Crippen LogP contribution in [0.15, 0.2) is 48.5 Å². The molecule has 3 nitrogen and oxygen atoms in total. The van der Waals surface area contributed by atoms with Gasteiger partial charge in [-0.1, -0.05) is 36.4 Å². The van der Waals surface area contributed by atoms with Crippen molar-refractivity contribution in [3.8, 4) is 0 Å². The van der Waals surface area contributed by atoms with Gasteiger partial charge in [0.1, 0.15) is 0 Å². The van der Waals surface area contributed by atoms with Crippen molar-refractivity contribution in [3.63, 3.8) is 0 Å². The Balaban J connectivity index is 1.94. The minimum atomic E-state index is -0.166. The lowest BCUT2D eigenvalue weighted by Crippen LogP contribution is -2.04. The molecule has 0 atom stereocenters. The first-order valence-corrected chi connectivity index (χ1v) is 7.13. The highest BCUT2D eigenvalue weighted by Gasteiger charge is 2.05. The van der Waals surface area contributed by atoms with E-state index in [1.165, 1.54) is 23.8 Å². The SMILES string of the molecule is COC(=O)CCc1ccc(NCc2ccccc2)cc1C. The molecule has 0 amide bonds. The van der Waals surface area contributed by atoms with Crippen molar-refractivity contribution in [3.05, 3.63) is 65.2 Å². The minimum Gasteiger partial charge on any atom is -0.469 e. The average Bonchev–Trinajstić information content (AvgIpc) is 2.52. The zero-order chi connectivity index (χ0) is 15.1. The predicted molar refractivity (Wildman–Crippen MR) is 85.3 cm³/mol. The van der Waals surface area contributed by atoms with E-state index in [0.717, 1.165) is 18.7 Å². The zero-order valence-electron chi connectivity index (χ0n) is 12.6. The number of methoxy groups -OCH3 is 1. The molecule has 1 N–H and O–H groups in total. The lowest BCUT2D eigenvalue weighted by Gasteiger charge is -2.10. The van der Waals surface area contributed by atoms with Gasteiger partial charge in [0, 0.05) is 18.7 Å². The first-order chi connectivity index (χ1) is 10.2. The summed E-state index contributed by atoms with van der Waals surface area (Å²) in [4.78, 5) is 11.2. The van der Waals surface area contributed by atoms with Gasteiger partial charge in [-0.2, -0.15) is 0 Å². The molecule has 110 valence electrons. The maximum Gasteiger partial charge on any atom is 0.305 e. The summed E-state index contributed by atoms with van der Waals surface area (Å²) in [7, 11) is 1.42. The molecule has 0 aromatic heterocycles. The van der Waals surface area contributed by atoms with Gasteiger partial charge in [0.05, 0.1) is 7.11 Å². The quantitative estimate of drug-likeness (QED) is 0.821. The fraction of sp³-hybridized carbons (Fsp3) is 0.278. The Kier molecular flexibility index (Phi) is 5.38. The summed E-state index contributed by atoms with van der Waals surface area (Å²) in [6.07, 6.45) is 1.14. The fourth-order valence-corrected chi connectivity index (χ4v) is 2.23. The van der Waals surface area contributed by atoms with Crippen LogP contribution in [0.1, 0.15) is 23.1 Å². The first kappa shape index (κ1) is 15.1. The lowest BCUT2D eigenvalue weighted by atomic mass is 10.0. The van der Waals surface area contributed by atoms with Crippen LogP contribution >= 0.6 is 0 Å². The standard InChI is InChI=1S/C18H21NO2/c1-14-12-17(19-13-15-6-4-3-5-7-15)10-8-16(14)9-11-18(20)21-2/h3-8,10,12,19H,9,11,13H2,1-2H3. The summed E-state index contributed by atoms with van der Waals surface area (Å²) in [5, 5.41) is 3.41. The lowest BCUT2D eigenvalue weighted by molar-refractivity contribution is -0.140. The Hall–Kier alpha value is -2.29. The second-order valence-electron chi connectivity index (χ2n) is 5.06. The Morgan fingerprint density at radius 3 is 2.57 bits per heavy atom. The molecule has 0 radical (unpaired) electrons. The summed E-state index contributed by atoms with van der Waals surface area (Å²) in [6, 6.07) is 16.6. The van der Waals surface area contributed by atoms with Gasteiger partial charge in [-0.25, -0.2) is 0 Å². The normalized spacial score (nSPS) is 10.2. The molecule has 2 rings (SSSR count). The number of aryl methyl sites for hydroxylation is 2. The summed E-state index contributed by atoms with van der Waals surface area (Å²) in [5.74, 6) is -0.166. The third-order valence-electron chi connectivity index (χ3n) is 3.51. The average molecular weight is 283 g/mol. The largest absolute Gasteiger partial charge is 0.469 e. The molecule has 0 spiro atoms. The smallest absolute Gasteiger partial charge is 0.305 e. The van der Waals surface area contributed by atoms with Crippen molar-refractivity contribution >= 4 is 11.7 Å². The molecule has 0 saturated heterocycles. The zero-order valence-corrected chi connectivity index (χ0v) is 12.6. The van der Waals surface area contributed by atoms with Crippen LogP contribution in [0, 0.1) is 6.92 Å². The molecule has 2 aromatic carbocycles. The van der Waals surface area contributed by atoms with Crippen LogP contribution in [0.3, 0.4) is 0 Å². The van der Waals surface area contributed by atoms with Gasteiger partial charge in [0.15, 0.2) is 0 Å². The highest BCUT2D eigenvalue weighted by molar-refractivity contribution is 5.69. The van der Waals surface area contributed by atoms with E-state index in [0.29, 0.717) is 6.42 Å². The number of benzene rings is 2. The second-order valence-corrected chi connectivity index (χ2v) is 5.06. The maximum atomic E-state index is 11.2. The van der Waals surface area contributed by atoms with Crippen LogP contribution in [0.2, 0.25) is 0 Å². The summed E-state index contributed by atoms with van der Waals surface area (Å²) < 4.78 is 4.67. The van der Waals surface area contributed by atoms with E-state index in [1.54, 1.807) is 0 Å². The van der Waals surface area contributed by atoms with Crippen LogP contribution < -0.4 is 5.32 Å². The Bertz CT molecular complexity index is 593. The Morgan fingerprint density at radius 1 is 1.14 bits per heavy atom. The maximum absolute atomic E-state index is 11.2. The molecule has 0 aliphatic heterocycles. The van der Waals surface area contributed by atoms with Gasteiger partial charge in [-0.05, 0) is 42.2 Å². The third kappa shape index (κ3) is 4.63. The van der Waals surface area contributed by atoms with Gasteiger partial charge in [-0.3, -0.25) is 4.79 Å². The number of ether oxygens (including phenoxy) is 1. The van der Waals surface area contributed by atoms with Crippen molar-refractivity contribution in [1.82, 2.24) is 0 Å². The molecule has 0 unspecified atom stereocenters. The van der Waals surface area contributed by atoms with Crippen molar-refractivity contribution < 1.29 is 9.53 Å². The van der Waals surface area contributed by atoms with Crippen LogP contribution in [0.25, 0.3) is 0 Å². The molecular weight excluding hydrogens is 262 g/mol. The van der Waals surface area contributed by atoms with Gasteiger partial charge >= 0.3 is 5.97 Å². The molecule has 0 saturated carbocycles. The van der Waals surface area contributed by atoms with E-state index in [2.05, 4.69) is 47.3 Å². The van der Waals surface area contributed by atoms with Crippen LogP contribution in [-0.2, 0) is 22.5 Å². The number of anilines is 1. The van der Waals surface area contributed by atoms with Gasteiger partial charge < -0.3 is 10.1 Å². The fourth-order valence-electron chi connectivity index (χ4n) is 2.23. The number of rotatable bonds is 6. The second kappa shape index (κ2) is 7.48. The number of hydrogen-bond acceptors (Lipinski definition) is 3. The van der Waals surface area contributed by atoms with E-state index in [4.69, 9.17) is 0 Å². The van der Waals surface area contributed by atoms with E-state index >= 15 is 0 Å². The highest BCUT2D eigenvalue weighted by Crippen LogP contribution is 2.17. The summed E-state index contributed by atoms with van der Waals surface area (Å²) in [5.41, 5.74) is 4.73. The highest BCUT2D eigenvalue weighted by atomic mass is 16.5. The van der Waals surface area contributed by atoms with E-state index in [-0.39, 0.29) is 5.97 Å². The number of esters is 1. The van der Waals surface area contributed by atoms with Crippen LogP contribution in [-0.4, -0.2) is 13.1 Å². The van der Waals surface area contributed by atoms with Crippen molar-refractivity contribution in [2.45, 2.75) is 26.3 Å². The molecule has 0 heterocycles. The molecule has 0 fully saturated rings. The van der Waals surface area contributed by atoms with Gasteiger partial charge in [0.2, 0.25) is 0 Å². The van der Waals surface area contributed by atoms with Crippen LogP contribution in [0.5, 0.6) is 0 Å². The van der Waals surface area contributed by atoms with Crippen LogP contribution in [0.4, 0.5) is 5.69 Å². The Labute approximate surface area is 126 Å². The van der Waals surface area contributed by atoms with Crippen molar-refractivity contribution in [1.29, 1.82) is 0 Å². The molecule has 0 bridgehead atoms. The van der Waals surface area contributed by atoms with Gasteiger partial charge in [-0.15, -0.1) is 0 Å². The number of hydrogen-bond donors (Lipinski definition) is 1. The molecule has 0 aliphatic rings. The third-order valence-corrected chi connectivity index (χ3v) is 3.51. The predicted octanol–water partition coefficient (Wildman–Crippen LogP) is 3.71. The molecular formula is C18H21NO2. The molecule has 21 heavy (non-hydrogen) atoms. The minimum absolute atomic E-state index is 0.166. The molecule has 3 heteroatoms. The molecule has 2 aromatic rings. The number of carbonyl (C=O) groups is 1. The van der Waals surface area contributed by atoms with E-state index < -0.39 is 0 Å². The topological polar surface area (TPSA) is 38.3 Å². The van der Waals surface area contributed by atoms with Crippen molar-refractivity contribution in [2.24, 2.45) is 0 Å². The molecule has 0 aliphatic carbocycles. The monoisotopic (exact) mass is 283 g/mol. The van der Waals surface area contributed by atoms with E-state index in [1.807, 2.05) is 18.2 Å². The number of carbonyl (C=O) groups excluding carboxylic acids is 1. The van der Waals surface area contributed by atoms with Crippen molar-refractivity contribution in [2.75, 3.05) is 12.4 Å².